The fourth-order valence-electron chi connectivity index (χ4n) is 2.20. The van der Waals surface area contributed by atoms with E-state index in [0.29, 0.717) is 0 Å². The molecule has 2 N–H and O–H groups in total. The largest absolute Gasteiger partial charge is 0.399 e. The molecule has 0 aromatic heterocycles. The molecule has 0 amide bonds. The zero-order valence-electron chi connectivity index (χ0n) is 11.4. The second kappa shape index (κ2) is 6.11. The average Bonchev–Trinajstić information content (AvgIpc) is 2.34. The third-order valence-electron chi connectivity index (χ3n) is 3.10. The van der Waals surface area contributed by atoms with Crippen molar-refractivity contribution in [1.29, 1.82) is 0 Å². The van der Waals surface area contributed by atoms with E-state index in [-0.39, 0.29) is 0 Å². The van der Waals surface area contributed by atoms with Crippen molar-refractivity contribution >= 4 is 27.3 Å². The summed E-state index contributed by atoms with van der Waals surface area (Å²) in [7, 11) is 0. The third-order valence-corrected chi connectivity index (χ3v) is 3.56. The van der Waals surface area contributed by atoms with E-state index >= 15 is 0 Å². The van der Waals surface area contributed by atoms with Crippen molar-refractivity contribution in [2.45, 2.75) is 20.4 Å². The molecule has 0 radical (unpaired) electrons. The van der Waals surface area contributed by atoms with Gasteiger partial charge in [-0.15, -0.1) is 0 Å². The Labute approximate surface area is 123 Å². The Balaban J connectivity index is 2.23. The first-order valence-electron chi connectivity index (χ1n) is 6.45. The smallest absolute Gasteiger partial charge is 0.0430 e. The molecule has 2 aromatic carbocycles. The van der Waals surface area contributed by atoms with Crippen LogP contribution in [0.4, 0.5) is 11.4 Å². The van der Waals surface area contributed by atoms with E-state index in [2.05, 4.69) is 65.0 Å². The molecule has 2 nitrogen and oxygen atoms in total. The maximum absolute atomic E-state index is 5.89. The van der Waals surface area contributed by atoms with Gasteiger partial charge in [0.1, 0.15) is 0 Å². The highest BCUT2D eigenvalue weighted by atomic mass is 79.9. The van der Waals surface area contributed by atoms with Gasteiger partial charge in [0.2, 0.25) is 0 Å². The summed E-state index contributed by atoms with van der Waals surface area (Å²) in [5.74, 6) is 0. The van der Waals surface area contributed by atoms with Gasteiger partial charge in [-0.1, -0.05) is 28.1 Å². The average molecular weight is 319 g/mol. The van der Waals surface area contributed by atoms with Gasteiger partial charge in [-0.25, -0.2) is 0 Å². The lowest BCUT2D eigenvalue weighted by Crippen LogP contribution is -2.22. The Morgan fingerprint density at radius 3 is 2.58 bits per heavy atom. The van der Waals surface area contributed by atoms with Gasteiger partial charge in [-0.3, -0.25) is 0 Å². The van der Waals surface area contributed by atoms with Crippen LogP contribution in [0.1, 0.15) is 18.1 Å². The maximum atomic E-state index is 5.89. The standard InChI is InChI=1S/C16H19BrN2/c1-3-19(16-6-4-5-12(2)7-16)11-13-8-14(17)10-15(18)9-13/h4-10H,3,11,18H2,1-2H3. The van der Waals surface area contributed by atoms with Gasteiger partial charge in [-0.05, 0) is 55.3 Å². The highest BCUT2D eigenvalue weighted by Crippen LogP contribution is 2.22. The minimum absolute atomic E-state index is 0.796. The molecule has 0 aliphatic rings. The van der Waals surface area contributed by atoms with Gasteiger partial charge < -0.3 is 10.6 Å². The molecule has 0 atom stereocenters. The van der Waals surface area contributed by atoms with Gasteiger partial charge in [0.15, 0.2) is 0 Å². The molecule has 0 aliphatic carbocycles. The van der Waals surface area contributed by atoms with Crippen molar-refractivity contribution in [2.24, 2.45) is 0 Å². The molecule has 100 valence electrons. The first-order chi connectivity index (χ1) is 9.08. The van der Waals surface area contributed by atoms with E-state index in [1.165, 1.54) is 16.8 Å². The molecule has 0 heterocycles. The molecule has 0 fully saturated rings. The van der Waals surface area contributed by atoms with Crippen molar-refractivity contribution in [3.8, 4) is 0 Å². The first-order valence-corrected chi connectivity index (χ1v) is 7.24. The predicted octanol–water partition coefficient (Wildman–Crippen LogP) is 4.37. The molecular formula is C16H19BrN2. The molecule has 0 saturated carbocycles. The number of aryl methyl sites for hydroxylation is 1. The second-order valence-electron chi connectivity index (χ2n) is 4.75. The molecule has 0 unspecified atom stereocenters. The number of halogens is 1. The first kappa shape index (κ1) is 13.9. The fourth-order valence-corrected chi connectivity index (χ4v) is 2.76. The number of hydrogen-bond acceptors (Lipinski definition) is 2. The zero-order chi connectivity index (χ0) is 13.8. The topological polar surface area (TPSA) is 29.3 Å². The highest BCUT2D eigenvalue weighted by Gasteiger charge is 2.06. The van der Waals surface area contributed by atoms with Crippen LogP contribution < -0.4 is 10.6 Å². The summed E-state index contributed by atoms with van der Waals surface area (Å²) in [5.41, 5.74) is 10.4. The van der Waals surface area contributed by atoms with E-state index < -0.39 is 0 Å². The summed E-state index contributed by atoms with van der Waals surface area (Å²) in [4.78, 5) is 2.34. The summed E-state index contributed by atoms with van der Waals surface area (Å²) >= 11 is 3.49. The van der Waals surface area contributed by atoms with Gasteiger partial charge in [0, 0.05) is 28.9 Å². The van der Waals surface area contributed by atoms with Crippen molar-refractivity contribution in [1.82, 2.24) is 0 Å². The molecule has 19 heavy (non-hydrogen) atoms. The van der Waals surface area contributed by atoms with Crippen molar-refractivity contribution < 1.29 is 0 Å². The Hall–Kier alpha value is -1.48. The Kier molecular flexibility index (Phi) is 4.48. The SMILES string of the molecule is CCN(Cc1cc(N)cc(Br)c1)c1cccc(C)c1. The van der Waals surface area contributed by atoms with E-state index in [1.807, 2.05) is 12.1 Å². The van der Waals surface area contributed by atoms with Crippen LogP contribution in [-0.4, -0.2) is 6.54 Å². The molecule has 3 heteroatoms. The normalized spacial score (nSPS) is 10.5. The fraction of sp³-hybridized carbons (Fsp3) is 0.250. The lowest BCUT2D eigenvalue weighted by Gasteiger charge is -2.24. The molecule has 2 aromatic rings. The number of nitrogen functional groups attached to an aromatic ring is 1. The minimum atomic E-state index is 0.796. The monoisotopic (exact) mass is 318 g/mol. The van der Waals surface area contributed by atoms with E-state index in [1.54, 1.807) is 0 Å². The van der Waals surface area contributed by atoms with Crippen LogP contribution in [0.5, 0.6) is 0 Å². The van der Waals surface area contributed by atoms with Crippen LogP contribution in [0.15, 0.2) is 46.9 Å². The predicted molar refractivity (Wildman–Crippen MR) is 86.5 cm³/mol. The number of rotatable bonds is 4. The second-order valence-corrected chi connectivity index (χ2v) is 5.66. The quantitative estimate of drug-likeness (QED) is 0.848. The van der Waals surface area contributed by atoms with Gasteiger partial charge in [0.25, 0.3) is 0 Å². The van der Waals surface area contributed by atoms with Gasteiger partial charge in [-0.2, -0.15) is 0 Å². The van der Waals surface area contributed by atoms with Crippen LogP contribution in [0.3, 0.4) is 0 Å². The zero-order valence-corrected chi connectivity index (χ0v) is 12.9. The molecule has 0 spiro atoms. The van der Waals surface area contributed by atoms with Crippen molar-refractivity contribution in [3.05, 3.63) is 58.1 Å². The summed E-state index contributed by atoms with van der Waals surface area (Å²) in [6, 6.07) is 14.7. The molecule has 0 aliphatic heterocycles. The summed E-state index contributed by atoms with van der Waals surface area (Å²) < 4.78 is 1.03. The third kappa shape index (κ3) is 3.74. The van der Waals surface area contributed by atoms with E-state index in [0.717, 1.165) is 23.2 Å². The van der Waals surface area contributed by atoms with Crippen molar-refractivity contribution in [3.63, 3.8) is 0 Å². The number of anilines is 2. The Morgan fingerprint density at radius 2 is 1.95 bits per heavy atom. The van der Waals surface area contributed by atoms with E-state index in [4.69, 9.17) is 5.73 Å². The molecular weight excluding hydrogens is 300 g/mol. The van der Waals surface area contributed by atoms with Crippen LogP contribution in [0.2, 0.25) is 0 Å². The van der Waals surface area contributed by atoms with Crippen LogP contribution in [0, 0.1) is 6.92 Å². The highest BCUT2D eigenvalue weighted by molar-refractivity contribution is 9.10. The summed E-state index contributed by atoms with van der Waals surface area (Å²) in [6.45, 7) is 6.12. The van der Waals surface area contributed by atoms with Crippen molar-refractivity contribution in [2.75, 3.05) is 17.2 Å². The molecule has 2 rings (SSSR count). The van der Waals surface area contributed by atoms with Crippen LogP contribution in [0.25, 0.3) is 0 Å². The Bertz CT molecular complexity index is 546. The lowest BCUT2D eigenvalue weighted by molar-refractivity contribution is 0.831. The Morgan fingerprint density at radius 1 is 1.16 bits per heavy atom. The molecule has 0 saturated heterocycles. The number of benzene rings is 2. The summed E-state index contributed by atoms with van der Waals surface area (Å²) in [5, 5.41) is 0. The van der Waals surface area contributed by atoms with Crippen LogP contribution >= 0.6 is 15.9 Å². The maximum Gasteiger partial charge on any atom is 0.0430 e. The minimum Gasteiger partial charge on any atom is -0.399 e. The lowest BCUT2D eigenvalue weighted by atomic mass is 10.1. The summed E-state index contributed by atoms with van der Waals surface area (Å²) in [6.07, 6.45) is 0. The van der Waals surface area contributed by atoms with E-state index in [9.17, 15) is 0 Å². The van der Waals surface area contributed by atoms with Gasteiger partial charge in [0.05, 0.1) is 0 Å². The number of hydrogen-bond donors (Lipinski definition) is 1. The number of nitrogens with zero attached hydrogens (tertiary/aromatic N) is 1. The van der Waals surface area contributed by atoms with Gasteiger partial charge >= 0.3 is 0 Å². The van der Waals surface area contributed by atoms with Crippen LogP contribution in [-0.2, 0) is 6.54 Å². The molecule has 0 bridgehead atoms. The number of nitrogens with two attached hydrogens (primary N) is 1.